The maximum Gasteiger partial charge on any atom is 0.369 e. The minimum atomic E-state index is -5.20. The van der Waals surface area contributed by atoms with Crippen LogP contribution in [0.25, 0.3) is 0 Å². The number of aliphatic hydroxyl groups is 1. The van der Waals surface area contributed by atoms with Crippen LogP contribution >= 0.6 is 15.2 Å². The van der Waals surface area contributed by atoms with Crippen LogP contribution in [0.3, 0.4) is 0 Å². The van der Waals surface area contributed by atoms with E-state index in [1.807, 2.05) is 0 Å². The van der Waals surface area contributed by atoms with Gasteiger partial charge in [-0.25, -0.2) is 0 Å². The molecule has 0 aromatic heterocycles. The van der Waals surface area contributed by atoms with E-state index in [1.54, 1.807) is 0 Å². The Labute approximate surface area is 119 Å². The largest absolute Gasteiger partial charge is 0.369 e. The van der Waals surface area contributed by atoms with Crippen molar-refractivity contribution >= 4 is 74.3 Å². The van der Waals surface area contributed by atoms with Crippen molar-refractivity contribution in [3.05, 3.63) is 0 Å². The number of hydrogen-bond acceptors (Lipinski definition) is 3. The SMILES string of the molecule is CC(O)(P(=O)(O)O)P(=O)(O)O.[Na].[Na]. The molecule has 0 aliphatic rings. The molecule has 0 saturated carbocycles. The van der Waals surface area contributed by atoms with Crippen LogP contribution < -0.4 is 0 Å². The summed E-state index contributed by atoms with van der Waals surface area (Å²) in [5.41, 5.74) is 0. The summed E-state index contributed by atoms with van der Waals surface area (Å²) in [6.45, 7) is 0.383. The molecule has 0 saturated heterocycles. The molecule has 13 heavy (non-hydrogen) atoms. The van der Waals surface area contributed by atoms with Crippen LogP contribution in [-0.4, -0.2) is 88.9 Å². The van der Waals surface area contributed by atoms with Gasteiger partial charge in [0.2, 0.25) is 0 Å². The third-order valence-electron chi connectivity index (χ3n) is 1.10. The Hall–Kier alpha value is 2.26. The van der Waals surface area contributed by atoms with Gasteiger partial charge in [-0.15, -0.1) is 0 Å². The first kappa shape index (κ1) is 20.6. The minimum absolute atomic E-state index is 0. The van der Waals surface area contributed by atoms with Gasteiger partial charge in [0, 0.05) is 59.1 Å². The molecule has 0 bridgehead atoms. The second-order valence-electron chi connectivity index (χ2n) is 2.06. The van der Waals surface area contributed by atoms with Crippen molar-refractivity contribution in [2.24, 2.45) is 0 Å². The molecule has 0 spiro atoms. The summed E-state index contributed by atoms with van der Waals surface area (Å²) < 4.78 is 20.5. The fourth-order valence-electron chi connectivity index (χ4n) is 0.170. The third kappa shape index (κ3) is 5.22. The summed E-state index contributed by atoms with van der Waals surface area (Å²) >= 11 is 0. The maximum absolute atomic E-state index is 10.3. The molecule has 70 valence electrons. The normalized spacial score (nSPS) is 12.8. The summed E-state index contributed by atoms with van der Waals surface area (Å²) in [6, 6.07) is 0. The van der Waals surface area contributed by atoms with Gasteiger partial charge in [-0.2, -0.15) is 0 Å². The summed E-state index contributed by atoms with van der Waals surface area (Å²) in [5.74, 6) is 0. The molecule has 0 aromatic carbocycles. The first-order valence-electron chi connectivity index (χ1n) is 2.34. The number of rotatable bonds is 2. The van der Waals surface area contributed by atoms with E-state index in [4.69, 9.17) is 24.7 Å². The average molecular weight is 252 g/mol. The number of hydrogen-bond donors (Lipinski definition) is 5. The Kier molecular flexibility index (Phi) is 9.70. The van der Waals surface area contributed by atoms with Gasteiger partial charge in [0.15, 0.2) is 0 Å². The molecule has 11 heteroatoms. The van der Waals surface area contributed by atoms with E-state index in [2.05, 4.69) is 0 Å². The van der Waals surface area contributed by atoms with Crippen molar-refractivity contribution < 1.29 is 33.8 Å². The molecule has 0 heterocycles. The van der Waals surface area contributed by atoms with E-state index in [9.17, 15) is 9.13 Å². The summed E-state index contributed by atoms with van der Waals surface area (Å²) in [4.78, 5) is 33.0. The fraction of sp³-hybridized carbons (Fsp3) is 1.00. The third-order valence-corrected chi connectivity index (χ3v) is 4.87. The Bertz CT molecular complexity index is 215. The molecule has 0 amide bonds. The van der Waals surface area contributed by atoms with Crippen molar-refractivity contribution in [1.29, 1.82) is 0 Å². The van der Waals surface area contributed by atoms with E-state index in [0.717, 1.165) is 0 Å². The summed E-state index contributed by atoms with van der Waals surface area (Å²) in [7, 11) is -10.4. The molecule has 0 rings (SSSR count). The molecule has 7 nitrogen and oxygen atoms in total. The quantitative estimate of drug-likeness (QED) is 0.290. The van der Waals surface area contributed by atoms with Crippen LogP contribution in [-0.2, 0) is 9.13 Å². The van der Waals surface area contributed by atoms with Crippen molar-refractivity contribution in [2.75, 3.05) is 0 Å². The molecule has 0 aromatic rings. The fourth-order valence-corrected chi connectivity index (χ4v) is 1.53. The predicted octanol–water partition coefficient (Wildman–Crippen LogP) is -1.75. The van der Waals surface area contributed by atoms with Gasteiger partial charge < -0.3 is 24.7 Å². The van der Waals surface area contributed by atoms with Crippen molar-refractivity contribution in [1.82, 2.24) is 0 Å². The van der Waals surface area contributed by atoms with Gasteiger partial charge in [0.25, 0.3) is 5.08 Å². The van der Waals surface area contributed by atoms with Crippen LogP contribution in [0.4, 0.5) is 0 Å². The Morgan fingerprint density at radius 2 is 1.08 bits per heavy atom. The Morgan fingerprint density at radius 3 is 1.08 bits per heavy atom. The summed E-state index contributed by atoms with van der Waals surface area (Å²) in [5, 5.41) is 5.37. The molecule has 0 aliphatic heterocycles. The zero-order valence-corrected chi connectivity index (χ0v) is 13.2. The zero-order valence-electron chi connectivity index (χ0n) is 7.45. The standard InChI is InChI=1S/C2H8O7P2.2Na/c1-2(3,10(4,5)6)11(7,8)9;;/h3H,1H3,(H2,4,5,6)(H2,7,8,9);;. The predicted molar refractivity (Wildman–Crippen MR) is 46.2 cm³/mol. The molecule has 0 fully saturated rings. The monoisotopic (exact) mass is 252 g/mol. The molecule has 5 N–H and O–H groups in total. The van der Waals surface area contributed by atoms with Crippen LogP contribution in [0.1, 0.15) is 6.92 Å². The maximum atomic E-state index is 10.3. The van der Waals surface area contributed by atoms with E-state index in [1.165, 1.54) is 0 Å². The smallest absolute Gasteiger partial charge is 0.368 e. The second-order valence-corrected chi connectivity index (χ2v) is 6.33. The minimum Gasteiger partial charge on any atom is -0.368 e. The molecular formula is C2H8Na2O7P2. The van der Waals surface area contributed by atoms with E-state index >= 15 is 0 Å². The van der Waals surface area contributed by atoms with Gasteiger partial charge >= 0.3 is 15.2 Å². The van der Waals surface area contributed by atoms with Crippen molar-refractivity contribution in [3.63, 3.8) is 0 Å². The van der Waals surface area contributed by atoms with Crippen LogP contribution in [0.5, 0.6) is 0 Å². The van der Waals surface area contributed by atoms with Crippen LogP contribution in [0.2, 0.25) is 0 Å². The Balaban J connectivity index is -0.000000500. The van der Waals surface area contributed by atoms with Crippen molar-refractivity contribution in [2.45, 2.75) is 12.0 Å². The average Bonchev–Trinajstić information content (AvgIpc) is 1.58. The van der Waals surface area contributed by atoms with E-state index in [-0.39, 0.29) is 59.1 Å². The second kappa shape index (κ2) is 6.11. The van der Waals surface area contributed by atoms with Gasteiger partial charge in [-0.05, 0) is 6.92 Å². The van der Waals surface area contributed by atoms with Gasteiger partial charge in [-0.3, -0.25) is 9.13 Å². The zero-order chi connectivity index (χ0) is 9.50. The Morgan fingerprint density at radius 1 is 0.923 bits per heavy atom. The van der Waals surface area contributed by atoms with Crippen LogP contribution in [0.15, 0.2) is 0 Å². The topological polar surface area (TPSA) is 135 Å². The molecule has 0 unspecified atom stereocenters. The molecule has 2 radical (unpaired) electrons. The summed E-state index contributed by atoms with van der Waals surface area (Å²) in [6.07, 6.45) is 0. The molecule has 0 atom stereocenters. The van der Waals surface area contributed by atoms with Gasteiger partial charge in [0.1, 0.15) is 0 Å². The first-order valence-corrected chi connectivity index (χ1v) is 5.56. The van der Waals surface area contributed by atoms with Gasteiger partial charge in [0.05, 0.1) is 0 Å². The van der Waals surface area contributed by atoms with E-state index < -0.39 is 20.3 Å². The first-order chi connectivity index (χ1) is 4.50. The van der Waals surface area contributed by atoms with E-state index in [0.29, 0.717) is 6.92 Å². The van der Waals surface area contributed by atoms with Gasteiger partial charge in [-0.1, -0.05) is 0 Å². The molecule has 0 aliphatic carbocycles. The van der Waals surface area contributed by atoms with Crippen molar-refractivity contribution in [3.8, 4) is 0 Å². The van der Waals surface area contributed by atoms with Crippen LogP contribution in [0, 0.1) is 0 Å². The molecular weight excluding hydrogens is 244 g/mol.